The summed E-state index contributed by atoms with van der Waals surface area (Å²) in [4.78, 5) is 10.3. The molecule has 0 heterocycles. The molecule has 0 radical (unpaired) electrons. The van der Waals surface area contributed by atoms with Crippen molar-refractivity contribution in [2.45, 2.75) is 4.90 Å². The van der Waals surface area contributed by atoms with Crippen molar-refractivity contribution in [3.63, 3.8) is 0 Å². The van der Waals surface area contributed by atoms with Crippen LogP contribution in [-0.2, 0) is 10.0 Å². The van der Waals surface area contributed by atoms with Gasteiger partial charge in [0.25, 0.3) is 15.9 Å². The van der Waals surface area contributed by atoms with Crippen LogP contribution in [0.4, 0.5) is 17.6 Å². The number of carbonyl (C=O) groups is 1. The number of aromatic hydroxyl groups is 1. The third kappa shape index (κ3) is 3.89. The molecule has 0 unspecified atom stereocenters. The van der Waals surface area contributed by atoms with Gasteiger partial charge in [0.15, 0.2) is 22.3 Å². The van der Waals surface area contributed by atoms with Crippen molar-refractivity contribution < 1.29 is 35.9 Å². The first-order valence-corrected chi connectivity index (χ1v) is 10.9. The molecule has 0 fully saturated rings. The summed E-state index contributed by atoms with van der Waals surface area (Å²) in [6, 6.07) is 3.16. The van der Waals surface area contributed by atoms with Gasteiger partial charge < -0.3 is 5.11 Å². The minimum Gasteiger partial charge on any atom is -0.503 e. The second kappa shape index (κ2) is 7.90. The first kappa shape index (κ1) is 21.9. The Hall–Kier alpha value is -0.430. The van der Waals surface area contributed by atoms with E-state index < -0.39 is 49.8 Å². The number of phenols is 1. The van der Waals surface area contributed by atoms with Crippen molar-refractivity contribution in [3.05, 3.63) is 51.7 Å². The highest BCUT2D eigenvalue weighted by Crippen LogP contribution is 2.32. The van der Waals surface area contributed by atoms with Gasteiger partial charge in [0, 0.05) is 10.7 Å². The zero-order chi connectivity index (χ0) is 20.0. The monoisotopic (exact) mass is 727 g/mol. The normalized spacial score (nSPS) is 11.5. The Morgan fingerprint density at radius 2 is 1.38 bits per heavy atom. The van der Waals surface area contributed by atoms with Crippen LogP contribution in [0, 0.1) is 34.0 Å². The lowest BCUT2D eigenvalue weighted by molar-refractivity contribution is 0.0979. The van der Waals surface area contributed by atoms with Crippen molar-refractivity contribution in [3.8, 4) is 5.75 Å². The summed E-state index contributed by atoms with van der Waals surface area (Å²) in [7, 11) is -5.33. The molecule has 0 saturated carbocycles. The lowest BCUT2D eigenvalue weighted by Gasteiger charge is -2.13. The van der Waals surface area contributed by atoms with Gasteiger partial charge in [-0.1, -0.05) is 0 Å². The zero-order valence-corrected chi connectivity index (χ0v) is 19.2. The standard InChI is InChI=1S/C13H4F4I3NO4S/c14-6-8(16)12(9(17)7(15)11(6)22)26(24,25)21-13(23)5-3(18)1-2-4(19)10(5)20/h1-2,22H,(H,21,23). The molecule has 0 atom stereocenters. The lowest BCUT2D eigenvalue weighted by atomic mass is 10.2. The van der Waals surface area contributed by atoms with Crippen molar-refractivity contribution in [2.75, 3.05) is 0 Å². The number of amides is 1. The zero-order valence-electron chi connectivity index (χ0n) is 11.9. The average Bonchev–Trinajstić information content (AvgIpc) is 2.54. The summed E-state index contributed by atoms with van der Waals surface area (Å²) in [5.41, 5.74) is -0.0952. The Balaban J connectivity index is 2.59. The highest BCUT2D eigenvalue weighted by atomic mass is 127. The van der Waals surface area contributed by atoms with Crippen LogP contribution in [0.15, 0.2) is 17.0 Å². The highest BCUT2D eigenvalue weighted by Gasteiger charge is 2.35. The van der Waals surface area contributed by atoms with Crippen LogP contribution in [0.5, 0.6) is 5.75 Å². The van der Waals surface area contributed by atoms with E-state index in [1.54, 1.807) is 51.2 Å². The fourth-order valence-corrected chi connectivity index (χ4v) is 5.27. The van der Waals surface area contributed by atoms with Gasteiger partial charge in [0.2, 0.25) is 11.6 Å². The van der Waals surface area contributed by atoms with E-state index in [2.05, 4.69) is 0 Å². The fourth-order valence-electron chi connectivity index (χ4n) is 1.80. The van der Waals surface area contributed by atoms with Crippen LogP contribution in [0.3, 0.4) is 0 Å². The smallest absolute Gasteiger partial charge is 0.270 e. The number of phenolic OH excluding ortho intramolecular Hbond substituents is 1. The summed E-state index contributed by atoms with van der Waals surface area (Å²) >= 11 is 5.40. The maximum absolute atomic E-state index is 13.8. The van der Waals surface area contributed by atoms with Crippen molar-refractivity contribution in [1.82, 2.24) is 4.72 Å². The molecule has 0 aromatic heterocycles. The van der Waals surface area contributed by atoms with E-state index in [1.807, 2.05) is 22.6 Å². The average molecular weight is 727 g/mol. The quantitative estimate of drug-likeness (QED) is 0.286. The first-order chi connectivity index (χ1) is 11.9. The SMILES string of the molecule is O=C(NS(=O)(=O)c1c(F)c(F)c(O)c(F)c1F)c1c(I)ccc(I)c1I. The Morgan fingerprint density at radius 3 is 1.88 bits per heavy atom. The van der Waals surface area contributed by atoms with E-state index in [0.29, 0.717) is 10.7 Å². The Kier molecular flexibility index (Phi) is 6.64. The van der Waals surface area contributed by atoms with Gasteiger partial charge in [0.1, 0.15) is 0 Å². The molecule has 0 bridgehead atoms. The van der Waals surface area contributed by atoms with E-state index in [9.17, 15) is 30.8 Å². The number of hydrogen-bond donors (Lipinski definition) is 2. The maximum atomic E-state index is 13.8. The summed E-state index contributed by atoms with van der Waals surface area (Å²) in [5.74, 6) is -12.6. The van der Waals surface area contributed by atoms with Crippen LogP contribution in [0.25, 0.3) is 0 Å². The predicted octanol–water partition coefficient (Wildman–Crippen LogP) is 3.88. The third-order valence-electron chi connectivity index (χ3n) is 2.97. The molecule has 0 saturated heterocycles. The van der Waals surface area contributed by atoms with Crippen LogP contribution >= 0.6 is 67.8 Å². The number of benzene rings is 2. The largest absolute Gasteiger partial charge is 0.503 e. The number of hydrogen-bond acceptors (Lipinski definition) is 4. The summed E-state index contributed by atoms with van der Waals surface area (Å²) in [6.45, 7) is 0. The topological polar surface area (TPSA) is 83.5 Å². The third-order valence-corrected chi connectivity index (χ3v) is 8.27. The molecule has 2 aromatic rings. The molecule has 1 amide bonds. The van der Waals surface area contributed by atoms with Gasteiger partial charge >= 0.3 is 0 Å². The van der Waals surface area contributed by atoms with Crippen molar-refractivity contribution >= 4 is 83.7 Å². The molecule has 140 valence electrons. The number of sulfonamides is 1. The van der Waals surface area contributed by atoms with E-state index in [-0.39, 0.29) is 5.56 Å². The van der Waals surface area contributed by atoms with Gasteiger partial charge in [0.05, 0.1) is 5.56 Å². The molecule has 2 N–H and O–H groups in total. The second-order valence-electron chi connectivity index (χ2n) is 4.59. The highest BCUT2D eigenvalue weighted by molar-refractivity contribution is 14.1. The molecule has 26 heavy (non-hydrogen) atoms. The van der Waals surface area contributed by atoms with Crippen LogP contribution in [-0.4, -0.2) is 19.4 Å². The molecule has 2 aromatic carbocycles. The second-order valence-corrected chi connectivity index (χ2v) is 9.61. The molecule has 13 heteroatoms. The summed E-state index contributed by atoms with van der Waals surface area (Å²) in [6.07, 6.45) is 0. The van der Waals surface area contributed by atoms with Gasteiger partial charge in [-0.2, -0.15) is 8.78 Å². The van der Waals surface area contributed by atoms with E-state index >= 15 is 0 Å². The molecule has 2 rings (SSSR count). The molecule has 5 nitrogen and oxygen atoms in total. The molecule has 0 aliphatic heterocycles. The van der Waals surface area contributed by atoms with Crippen LogP contribution in [0.1, 0.15) is 10.4 Å². The van der Waals surface area contributed by atoms with Gasteiger partial charge in [-0.05, 0) is 79.9 Å². The molecule has 0 aliphatic carbocycles. The minimum atomic E-state index is -5.33. The Bertz CT molecular complexity index is 1020. The van der Waals surface area contributed by atoms with E-state index in [0.717, 1.165) is 0 Å². The molecule has 0 spiro atoms. The first-order valence-electron chi connectivity index (χ1n) is 6.15. The summed E-state index contributed by atoms with van der Waals surface area (Å²) < 4.78 is 81.4. The van der Waals surface area contributed by atoms with Gasteiger partial charge in [-0.3, -0.25) is 4.79 Å². The number of halogens is 7. The van der Waals surface area contributed by atoms with Crippen LogP contribution < -0.4 is 4.72 Å². The van der Waals surface area contributed by atoms with E-state index in [1.165, 1.54) is 10.8 Å². The van der Waals surface area contributed by atoms with Gasteiger partial charge in [-0.15, -0.1) is 0 Å². The molecule has 0 aliphatic rings. The number of rotatable bonds is 3. The van der Waals surface area contributed by atoms with Crippen LogP contribution in [0.2, 0.25) is 0 Å². The Morgan fingerprint density at radius 1 is 0.923 bits per heavy atom. The summed E-state index contributed by atoms with van der Waals surface area (Å²) in [5, 5.41) is 8.91. The van der Waals surface area contributed by atoms with E-state index in [4.69, 9.17) is 5.11 Å². The van der Waals surface area contributed by atoms with Crippen molar-refractivity contribution in [2.24, 2.45) is 0 Å². The fraction of sp³-hybridized carbons (Fsp3) is 0. The maximum Gasteiger partial charge on any atom is 0.270 e. The molecular formula is C13H4F4I3NO4S. The number of carbonyl (C=O) groups excluding carboxylic acids is 1. The molecular weight excluding hydrogens is 723 g/mol. The van der Waals surface area contributed by atoms with Crippen molar-refractivity contribution in [1.29, 1.82) is 0 Å². The number of nitrogens with one attached hydrogen (secondary N) is 1. The lowest BCUT2D eigenvalue weighted by Crippen LogP contribution is -2.33. The minimum absolute atomic E-state index is 0.0952. The Labute approximate surface area is 185 Å². The predicted molar refractivity (Wildman–Crippen MR) is 107 cm³/mol. The van der Waals surface area contributed by atoms with Gasteiger partial charge in [-0.25, -0.2) is 21.9 Å².